The van der Waals surface area contributed by atoms with E-state index in [0.717, 1.165) is 0 Å². The highest BCUT2D eigenvalue weighted by Crippen LogP contribution is 2.22. The number of phenols is 1. The van der Waals surface area contributed by atoms with Gasteiger partial charge >= 0.3 is 0 Å². The molecule has 0 saturated carbocycles. The lowest BCUT2D eigenvalue weighted by atomic mass is 10.1. The summed E-state index contributed by atoms with van der Waals surface area (Å²) in [6, 6.07) is 4.59. The van der Waals surface area contributed by atoms with Gasteiger partial charge in [-0.3, -0.25) is 4.79 Å². The first kappa shape index (κ1) is 18.2. The lowest BCUT2D eigenvalue weighted by Crippen LogP contribution is -2.47. The fourth-order valence-electron chi connectivity index (χ4n) is 2.62. The van der Waals surface area contributed by atoms with Crippen LogP contribution in [0, 0.1) is 0 Å². The van der Waals surface area contributed by atoms with Crippen molar-refractivity contribution < 1.29 is 18.3 Å². The zero-order chi connectivity index (χ0) is 17.0. The van der Waals surface area contributed by atoms with E-state index in [9.17, 15) is 18.3 Å². The zero-order valence-electron chi connectivity index (χ0n) is 13.0. The zero-order valence-corrected chi connectivity index (χ0v) is 15.4. The van der Waals surface area contributed by atoms with Crippen LogP contribution in [0.1, 0.15) is 36.5 Å². The summed E-state index contributed by atoms with van der Waals surface area (Å²) in [5.41, 5.74) is 0.209. The van der Waals surface area contributed by atoms with Crippen molar-refractivity contribution in [2.45, 2.75) is 32.2 Å². The van der Waals surface area contributed by atoms with Gasteiger partial charge < -0.3 is 10.4 Å². The molecule has 128 valence electrons. The Kier molecular flexibility index (Phi) is 6.05. The molecule has 2 rings (SSSR count). The maximum absolute atomic E-state index is 12.2. The SMILES string of the molecule is CCCS(=O)(=O)N1CCC(NC(=O)c2cc(Br)ccc2O)CC1. The Bertz CT molecular complexity index is 670. The Labute approximate surface area is 145 Å². The van der Waals surface area contributed by atoms with Crippen molar-refractivity contribution >= 4 is 31.9 Å². The molecule has 1 aromatic carbocycles. The largest absolute Gasteiger partial charge is 0.507 e. The average molecular weight is 405 g/mol. The van der Waals surface area contributed by atoms with Crippen molar-refractivity contribution in [1.82, 2.24) is 9.62 Å². The molecule has 0 aromatic heterocycles. The maximum atomic E-state index is 12.2. The lowest BCUT2D eigenvalue weighted by molar-refractivity contribution is 0.0921. The van der Waals surface area contributed by atoms with E-state index in [1.54, 1.807) is 12.1 Å². The molecule has 1 saturated heterocycles. The number of benzene rings is 1. The molecule has 0 bridgehead atoms. The molecule has 1 heterocycles. The number of piperidine rings is 1. The number of amides is 1. The minimum Gasteiger partial charge on any atom is -0.507 e. The number of carbonyl (C=O) groups is 1. The van der Waals surface area contributed by atoms with E-state index < -0.39 is 10.0 Å². The number of sulfonamides is 1. The number of phenolic OH excluding ortho intramolecular Hbond substituents is 1. The predicted molar refractivity (Wildman–Crippen MR) is 91.9 cm³/mol. The summed E-state index contributed by atoms with van der Waals surface area (Å²) in [5.74, 6) is -0.261. The van der Waals surface area contributed by atoms with Gasteiger partial charge in [0.15, 0.2) is 0 Å². The highest BCUT2D eigenvalue weighted by Gasteiger charge is 2.28. The third-order valence-corrected chi connectivity index (χ3v) is 6.42. The molecule has 1 amide bonds. The number of aromatic hydroxyl groups is 1. The van der Waals surface area contributed by atoms with Crippen LogP contribution in [-0.4, -0.2) is 48.6 Å². The quantitative estimate of drug-likeness (QED) is 0.786. The molecule has 1 aromatic rings. The van der Waals surface area contributed by atoms with Gasteiger partial charge in [0, 0.05) is 23.6 Å². The second kappa shape index (κ2) is 7.63. The fraction of sp³-hybridized carbons (Fsp3) is 0.533. The first-order valence-corrected chi connectivity index (χ1v) is 10.0. The number of nitrogens with zero attached hydrogens (tertiary/aromatic N) is 1. The molecule has 0 radical (unpaired) electrons. The molecule has 1 aliphatic rings. The molecule has 1 aliphatic heterocycles. The van der Waals surface area contributed by atoms with E-state index in [1.807, 2.05) is 6.92 Å². The number of carbonyl (C=O) groups excluding carboxylic acids is 1. The molecular weight excluding hydrogens is 384 g/mol. The highest BCUT2D eigenvalue weighted by molar-refractivity contribution is 9.10. The Morgan fingerprint density at radius 1 is 1.39 bits per heavy atom. The van der Waals surface area contributed by atoms with Gasteiger partial charge in [0.1, 0.15) is 5.75 Å². The first-order chi connectivity index (χ1) is 10.8. The van der Waals surface area contributed by atoms with E-state index in [2.05, 4.69) is 21.2 Å². The van der Waals surface area contributed by atoms with Crippen LogP contribution in [0.15, 0.2) is 22.7 Å². The molecule has 0 unspecified atom stereocenters. The van der Waals surface area contributed by atoms with Gasteiger partial charge in [-0.25, -0.2) is 12.7 Å². The van der Waals surface area contributed by atoms with Gasteiger partial charge in [-0.05, 0) is 37.5 Å². The Morgan fingerprint density at radius 3 is 2.65 bits per heavy atom. The van der Waals surface area contributed by atoms with E-state index in [-0.39, 0.29) is 29.0 Å². The number of rotatable bonds is 5. The second-order valence-corrected chi connectivity index (χ2v) is 8.63. The summed E-state index contributed by atoms with van der Waals surface area (Å²) in [7, 11) is -3.18. The van der Waals surface area contributed by atoms with Crippen LogP contribution >= 0.6 is 15.9 Å². The lowest BCUT2D eigenvalue weighted by Gasteiger charge is -2.31. The minimum atomic E-state index is -3.18. The predicted octanol–water partition coefficient (Wildman–Crippen LogP) is 2.09. The molecule has 23 heavy (non-hydrogen) atoms. The third-order valence-electron chi connectivity index (χ3n) is 3.85. The summed E-state index contributed by atoms with van der Waals surface area (Å²) in [4.78, 5) is 12.2. The van der Waals surface area contributed by atoms with Crippen molar-refractivity contribution in [3.05, 3.63) is 28.2 Å². The van der Waals surface area contributed by atoms with Gasteiger partial charge in [-0.15, -0.1) is 0 Å². The molecular formula is C15H21BrN2O4S. The van der Waals surface area contributed by atoms with Crippen LogP contribution < -0.4 is 5.32 Å². The summed E-state index contributed by atoms with van der Waals surface area (Å²) in [5, 5.41) is 12.6. The monoisotopic (exact) mass is 404 g/mol. The molecule has 2 N–H and O–H groups in total. The Hall–Kier alpha value is -1.12. The van der Waals surface area contributed by atoms with Gasteiger partial charge in [0.05, 0.1) is 11.3 Å². The number of halogens is 1. The smallest absolute Gasteiger partial charge is 0.255 e. The summed E-state index contributed by atoms with van der Waals surface area (Å²) >= 11 is 3.27. The van der Waals surface area contributed by atoms with Gasteiger partial charge in [-0.2, -0.15) is 0 Å². The second-order valence-electron chi connectivity index (χ2n) is 5.62. The molecule has 6 nitrogen and oxygen atoms in total. The number of nitrogens with one attached hydrogen (secondary N) is 1. The summed E-state index contributed by atoms with van der Waals surface area (Å²) < 4.78 is 26.2. The summed E-state index contributed by atoms with van der Waals surface area (Å²) in [6.45, 7) is 2.67. The van der Waals surface area contributed by atoms with Crippen molar-refractivity contribution in [3.8, 4) is 5.75 Å². The van der Waals surface area contributed by atoms with E-state index in [0.29, 0.717) is 36.8 Å². The van der Waals surface area contributed by atoms with Crippen LogP contribution in [0.2, 0.25) is 0 Å². The molecule has 0 aliphatic carbocycles. The maximum Gasteiger partial charge on any atom is 0.255 e. The Balaban J connectivity index is 1.94. The third kappa shape index (κ3) is 4.68. The van der Waals surface area contributed by atoms with E-state index in [4.69, 9.17) is 0 Å². The standard InChI is InChI=1S/C15H21BrN2O4S/c1-2-9-23(21,22)18-7-5-12(6-8-18)17-15(20)13-10-11(16)3-4-14(13)19/h3-4,10,12,19H,2,5-9H2,1H3,(H,17,20). The van der Waals surface area contributed by atoms with Crippen LogP contribution in [0.5, 0.6) is 5.75 Å². The van der Waals surface area contributed by atoms with E-state index in [1.165, 1.54) is 10.4 Å². The molecule has 1 fully saturated rings. The van der Waals surface area contributed by atoms with Crippen molar-refractivity contribution in [1.29, 1.82) is 0 Å². The van der Waals surface area contributed by atoms with Crippen LogP contribution in [0.4, 0.5) is 0 Å². The molecule has 8 heteroatoms. The summed E-state index contributed by atoms with van der Waals surface area (Å²) in [6.07, 6.45) is 1.74. The van der Waals surface area contributed by atoms with Gasteiger partial charge in [0.2, 0.25) is 10.0 Å². The molecule has 0 atom stereocenters. The Morgan fingerprint density at radius 2 is 2.04 bits per heavy atom. The topological polar surface area (TPSA) is 86.7 Å². The highest BCUT2D eigenvalue weighted by atomic mass is 79.9. The number of hydrogen-bond acceptors (Lipinski definition) is 4. The van der Waals surface area contributed by atoms with Crippen molar-refractivity contribution in [3.63, 3.8) is 0 Å². The first-order valence-electron chi connectivity index (χ1n) is 7.60. The van der Waals surface area contributed by atoms with Crippen molar-refractivity contribution in [2.24, 2.45) is 0 Å². The van der Waals surface area contributed by atoms with E-state index >= 15 is 0 Å². The number of hydrogen-bond donors (Lipinski definition) is 2. The van der Waals surface area contributed by atoms with Crippen molar-refractivity contribution in [2.75, 3.05) is 18.8 Å². The fourth-order valence-corrected chi connectivity index (χ4v) is 4.52. The van der Waals surface area contributed by atoms with Gasteiger partial charge in [0.25, 0.3) is 5.91 Å². The van der Waals surface area contributed by atoms with Crippen LogP contribution in [0.3, 0.4) is 0 Å². The van der Waals surface area contributed by atoms with Gasteiger partial charge in [-0.1, -0.05) is 22.9 Å². The van der Waals surface area contributed by atoms with Crippen LogP contribution in [0.25, 0.3) is 0 Å². The average Bonchev–Trinajstić information content (AvgIpc) is 2.50. The minimum absolute atomic E-state index is 0.0753. The van der Waals surface area contributed by atoms with Crippen LogP contribution in [-0.2, 0) is 10.0 Å². The normalized spacial score (nSPS) is 17.1. The molecule has 0 spiro atoms.